The van der Waals surface area contributed by atoms with Gasteiger partial charge in [0.15, 0.2) is 0 Å². The molecular formula is C14H19NO. The number of hydrogen-bond donors (Lipinski definition) is 1. The summed E-state index contributed by atoms with van der Waals surface area (Å²) in [4.78, 5) is 0. The maximum absolute atomic E-state index is 5.78. The van der Waals surface area contributed by atoms with Crippen molar-refractivity contribution in [1.29, 1.82) is 0 Å². The third-order valence-corrected chi connectivity index (χ3v) is 3.16. The van der Waals surface area contributed by atoms with E-state index in [1.54, 1.807) is 0 Å². The van der Waals surface area contributed by atoms with Crippen LogP contribution in [0.4, 0.5) is 0 Å². The van der Waals surface area contributed by atoms with E-state index in [0.717, 1.165) is 25.2 Å². The Morgan fingerprint density at radius 1 is 1.56 bits per heavy atom. The third-order valence-electron chi connectivity index (χ3n) is 3.16. The maximum atomic E-state index is 5.78. The molecule has 2 nitrogen and oxygen atoms in total. The summed E-state index contributed by atoms with van der Waals surface area (Å²) in [6.07, 6.45) is 5.08. The predicted molar refractivity (Wildman–Crippen MR) is 66.9 cm³/mol. The normalized spacial score (nSPS) is 18.2. The predicted octanol–water partition coefficient (Wildman–Crippen LogP) is 2.85. The fraction of sp³-hybridized carbons (Fsp3) is 0.429. The zero-order chi connectivity index (χ0) is 11.4. The van der Waals surface area contributed by atoms with Crippen molar-refractivity contribution in [3.63, 3.8) is 0 Å². The van der Waals surface area contributed by atoms with E-state index < -0.39 is 0 Å². The van der Waals surface area contributed by atoms with Gasteiger partial charge in [0.2, 0.25) is 0 Å². The fourth-order valence-electron chi connectivity index (χ4n) is 2.31. The third kappa shape index (κ3) is 2.12. The molecule has 1 aromatic rings. The van der Waals surface area contributed by atoms with Gasteiger partial charge in [-0.2, -0.15) is 0 Å². The molecule has 1 aliphatic carbocycles. The van der Waals surface area contributed by atoms with Crippen LogP contribution in [0, 0.1) is 0 Å². The number of fused-ring (bicyclic) bond motifs is 1. The first kappa shape index (κ1) is 11.2. The number of ether oxygens (including phenoxy) is 1. The van der Waals surface area contributed by atoms with Crippen LogP contribution >= 0.6 is 0 Å². The molecule has 0 aromatic heterocycles. The minimum absolute atomic E-state index is 0.498. The Bertz CT molecular complexity index is 373. The Labute approximate surface area is 97.3 Å². The van der Waals surface area contributed by atoms with Crippen LogP contribution in [0.2, 0.25) is 0 Å². The van der Waals surface area contributed by atoms with Crippen LogP contribution in [0.1, 0.15) is 30.0 Å². The van der Waals surface area contributed by atoms with Gasteiger partial charge in [-0.05, 0) is 43.5 Å². The molecule has 1 unspecified atom stereocenters. The first-order valence-corrected chi connectivity index (χ1v) is 5.89. The van der Waals surface area contributed by atoms with E-state index >= 15 is 0 Å². The highest BCUT2D eigenvalue weighted by atomic mass is 16.5. The van der Waals surface area contributed by atoms with Gasteiger partial charge < -0.3 is 10.1 Å². The van der Waals surface area contributed by atoms with Crippen LogP contribution < -0.4 is 10.1 Å². The van der Waals surface area contributed by atoms with Gasteiger partial charge in [0, 0.05) is 6.04 Å². The Morgan fingerprint density at radius 2 is 2.44 bits per heavy atom. The van der Waals surface area contributed by atoms with E-state index in [1.807, 2.05) is 13.1 Å². The number of benzene rings is 1. The van der Waals surface area contributed by atoms with Crippen LogP contribution in [0.5, 0.6) is 5.75 Å². The van der Waals surface area contributed by atoms with Crippen molar-refractivity contribution in [3.8, 4) is 5.75 Å². The highest BCUT2D eigenvalue weighted by Gasteiger charge is 2.23. The summed E-state index contributed by atoms with van der Waals surface area (Å²) in [5.41, 5.74) is 2.78. The molecule has 0 fully saturated rings. The Kier molecular flexibility index (Phi) is 3.62. The summed E-state index contributed by atoms with van der Waals surface area (Å²) in [6.45, 7) is 4.43. The van der Waals surface area contributed by atoms with Gasteiger partial charge >= 0.3 is 0 Å². The zero-order valence-corrected chi connectivity index (χ0v) is 9.83. The Balaban J connectivity index is 2.15. The molecule has 0 aliphatic heterocycles. The average Bonchev–Trinajstić information content (AvgIpc) is 2.73. The van der Waals surface area contributed by atoms with Crippen molar-refractivity contribution in [2.45, 2.75) is 25.3 Å². The second kappa shape index (κ2) is 5.17. The van der Waals surface area contributed by atoms with Crippen molar-refractivity contribution in [3.05, 3.63) is 42.0 Å². The Hall–Kier alpha value is -1.28. The lowest BCUT2D eigenvalue weighted by atomic mass is 10.1. The molecule has 1 aromatic carbocycles. The minimum atomic E-state index is 0.498. The van der Waals surface area contributed by atoms with Gasteiger partial charge in [-0.15, -0.1) is 6.58 Å². The molecule has 1 aliphatic rings. The molecular weight excluding hydrogens is 198 g/mol. The van der Waals surface area contributed by atoms with E-state index in [1.165, 1.54) is 17.5 Å². The highest BCUT2D eigenvalue weighted by molar-refractivity contribution is 5.45. The molecule has 2 rings (SSSR count). The van der Waals surface area contributed by atoms with E-state index in [-0.39, 0.29) is 0 Å². The second-order valence-electron chi connectivity index (χ2n) is 4.13. The summed E-state index contributed by atoms with van der Waals surface area (Å²) in [5, 5.41) is 3.34. The molecule has 0 bridgehead atoms. The lowest BCUT2D eigenvalue weighted by Crippen LogP contribution is -2.12. The smallest absolute Gasteiger partial charge is 0.122 e. The highest BCUT2D eigenvalue weighted by Crippen LogP contribution is 2.36. The van der Waals surface area contributed by atoms with Crippen LogP contribution in [-0.2, 0) is 6.42 Å². The van der Waals surface area contributed by atoms with Crippen LogP contribution in [0.25, 0.3) is 0 Å². The van der Waals surface area contributed by atoms with E-state index in [9.17, 15) is 0 Å². The van der Waals surface area contributed by atoms with E-state index in [0.29, 0.717) is 6.04 Å². The molecule has 0 radical (unpaired) electrons. The molecule has 0 spiro atoms. The van der Waals surface area contributed by atoms with Crippen LogP contribution in [0.15, 0.2) is 30.9 Å². The van der Waals surface area contributed by atoms with Crippen molar-refractivity contribution < 1.29 is 4.74 Å². The van der Waals surface area contributed by atoms with Crippen LogP contribution in [-0.4, -0.2) is 13.7 Å². The number of rotatable bonds is 5. The number of nitrogens with one attached hydrogen (secondary N) is 1. The second-order valence-corrected chi connectivity index (χ2v) is 4.13. The molecule has 2 heteroatoms. The number of hydrogen-bond acceptors (Lipinski definition) is 2. The summed E-state index contributed by atoms with van der Waals surface area (Å²) in [5.74, 6) is 1.05. The minimum Gasteiger partial charge on any atom is -0.493 e. The topological polar surface area (TPSA) is 21.3 Å². The molecule has 0 amide bonds. The van der Waals surface area contributed by atoms with Gasteiger partial charge in [0.1, 0.15) is 5.75 Å². The molecule has 1 N–H and O–H groups in total. The van der Waals surface area contributed by atoms with Gasteiger partial charge in [-0.1, -0.05) is 18.2 Å². The molecule has 16 heavy (non-hydrogen) atoms. The molecule has 86 valence electrons. The largest absolute Gasteiger partial charge is 0.493 e. The quantitative estimate of drug-likeness (QED) is 0.605. The van der Waals surface area contributed by atoms with Gasteiger partial charge in [0.05, 0.1) is 6.61 Å². The lowest BCUT2D eigenvalue weighted by molar-refractivity contribution is 0.322. The summed E-state index contributed by atoms with van der Waals surface area (Å²) in [7, 11) is 2.02. The van der Waals surface area contributed by atoms with Gasteiger partial charge in [0.25, 0.3) is 0 Å². The monoisotopic (exact) mass is 217 g/mol. The fourth-order valence-corrected chi connectivity index (χ4v) is 2.31. The van der Waals surface area contributed by atoms with E-state index in [2.05, 4.69) is 30.1 Å². The molecule has 0 saturated carbocycles. The van der Waals surface area contributed by atoms with Crippen LogP contribution in [0.3, 0.4) is 0 Å². The summed E-state index contributed by atoms with van der Waals surface area (Å²) in [6, 6.07) is 6.85. The first-order chi connectivity index (χ1) is 7.86. The van der Waals surface area contributed by atoms with E-state index in [4.69, 9.17) is 4.74 Å². The lowest BCUT2D eigenvalue weighted by Gasteiger charge is -2.12. The molecule has 0 heterocycles. The average molecular weight is 217 g/mol. The van der Waals surface area contributed by atoms with Crippen molar-refractivity contribution in [2.75, 3.05) is 13.7 Å². The summed E-state index contributed by atoms with van der Waals surface area (Å²) < 4.78 is 5.78. The first-order valence-electron chi connectivity index (χ1n) is 5.89. The molecule has 1 atom stereocenters. The zero-order valence-electron chi connectivity index (χ0n) is 9.83. The Morgan fingerprint density at radius 3 is 3.19 bits per heavy atom. The standard InChI is InChI=1S/C14H19NO/c1-3-4-10-16-14-7-5-6-11-12(14)8-9-13(11)15-2/h3,5-7,13,15H,1,4,8-10H2,2H3. The maximum Gasteiger partial charge on any atom is 0.122 e. The van der Waals surface area contributed by atoms with Gasteiger partial charge in [-0.3, -0.25) is 0 Å². The van der Waals surface area contributed by atoms with Gasteiger partial charge in [-0.25, -0.2) is 0 Å². The molecule has 0 saturated heterocycles. The van der Waals surface area contributed by atoms with Crippen molar-refractivity contribution in [2.24, 2.45) is 0 Å². The summed E-state index contributed by atoms with van der Waals surface area (Å²) >= 11 is 0. The SMILES string of the molecule is C=CCCOc1cccc2c1CCC2NC. The van der Waals surface area contributed by atoms with Crippen molar-refractivity contribution in [1.82, 2.24) is 5.32 Å². The van der Waals surface area contributed by atoms with Crippen molar-refractivity contribution >= 4 is 0 Å².